The van der Waals surface area contributed by atoms with E-state index in [1.54, 1.807) is 0 Å². The third-order valence-electron chi connectivity index (χ3n) is 2.46. The van der Waals surface area contributed by atoms with Crippen LogP contribution < -0.4 is 10.6 Å². The van der Waals surface area contributed by atoms with Gasteiger partial charge in [-0.3, -0.25) is 4.79 Å². The van der Waals surface area contributed by atoms with E-state index in [0.717, 1.165) is 11.4 Å². The van der Waals surface area contributed by atoms with Crippen LogP contribution in [0, 0.1) is 0 Å². The van der Waals surface area contributed by atoms with Gasteiger partial charge in [-0.1, -0.05) is 0 Å². The average Bonchev–Trinajstić information content (AvgIpc) is 2.34. The van der Waals surface area contributed by atoms with Gasteiger partial charge in [0.15, 0.2) is 0 Å². The minimum absolute atomic E-state index is 0.0968. The Kier molecular flexibility index (Phi) is 5.98. The van der Waals surface area contributed by atoms with E-state index < -0.39 is 6.10 Å². The lowest BCUT2D eigenvalue weighted by molar-refractivity contribution is -0.114. The van der Waals surface area contributed by atoms with Crippen molar-refractivity contribution in [2.75, 3.05) is 23.8 Å². The van der Waals surface area contributed by atoms with E-state index in [1.165, 1.54) is 6.92 Å². The predicted octanol–water partition coefficient (Wildman–Crippen LogP) is 2.23. The molecule has 0 radical (unpaired) electrons. The first-order valence-corrected chi connectivity index (χ1v) is 6.70. The molecule has 0 heterocycles. The molecule has 1 amide bonds. The first-order chi connectivity index (χ1) is 9.26. The van der Waals surface area contributed by atoms with Crippen molar-refractivity contribution in [2.24, 2.45) is 0 Å². The average molecular weight is 280 g/mol. The zero-order chi connectivity index (χ0) is 15.2. The number of hydrogen-bond donors (Lipinski definition) is 3. The molecule has 5 nitrogen and oxygen atoms in total. The van der Waals surface area contributed by atoms with E-state index >= 15 is 0 Å². The molecule has 1 unspecified atom stereocenters. The van der Waals surface area contributed by atoms with Gasteiger partial charge >= 0.3 is 0 Å². The fraction of sp³-hybridized carbons (Fsp3) is 0.533. The lowest BCUT2D eigenvalue weighted by Gasteiger charge is -2.22. The Morgan fingerprint density at radius 2 is 1.80 bits per heavy atom. The van der Waals surface area contributed by atoms with E-state index in [9.17, 15) is 9.90 Å². The van der Waals surface area contributed by atoms with Gasteiger partial charge in [-0.2, -0.15) is 0 Å². The number of benzene rings is 1. The van der Waals surface area contributed by atoms with Crippen LogP contribution in [0.1, 0.15) is 27.7 Å². The van der Waals surface area contributed by atoms with Crippen molar-refractivity contribution in [2.45, 2.75) is 39.4 Å². The molecule has 0 spiro atoms. The SMILES string of the molecule is CC(=O)Nc1ccc(NCC(O)COC(C)(C)C)cc1. The highest BCUT2D eigenvalue weighted by atomic mass is 16.5. The van der Waals surface area contributed by atoms with Crippen LogP contribution in [0.2, 0.25) is 0 Å². The first-order valence-electron chi connectivity index (χ1n) is 6.70. The van der Waals surface area contributed by atoms with Crippen LogP contribution in [0.15, 0.2) is 24.3 Å². The molecule has 0 saturated heterocycles. The number of hydrogen-bond acceptors (Lipinski definition) is 4. The van der Waals surface area contributed by atoms with E-state index in [-0.39, 0.29) is 11.5 Å². The highest BCUT2D eigenvalue weighted by molar-refractivity contribution is 5.88. The second-order valence-corrected chi connectivity index (χ2v) is 5.72. The maximum atomic E-state index is 10.9. The highest BCUT2D eigenvalue weighted by Gasteiger charge is 2.13. The molecule has 0 aliphatic rings. The van der Waals surface area contributed by atoms with Crippen LogP contribution in [0.3, 0.4) is 0 Å². The van der Waals surface area contributed by atoms with E-state index in [0.29, 0.717) is 13.2 Å². The zero-order valence-corrected chi connectivity index (χ0v) is 12.6. The van der Waals surface area contributed by atoms with Crippen LogP contribution in [0.4, 0.5) is 11.4 Å². The molecule has 0 fully saturated rings. The van der Waals surface area contributed by atoms with E-state index in [4.69, 9.17) is 4.74 Å². The number of anilines is 2. The smallest absolute Gasteiger partial charge is 0.221 e. The number of rotatable bonds is 6. The monoisotopic (exact) mass is 280 g/mol. The van der Waals surface area contributed by atoms with Crippen molar-refractivity contribution in [3.05, 3.63) is 24.3 Å². The molecule has 0 saturated carbocycles. The Labute approximate surface area is 120 Å². The third kappa shape index (κ3) is 7.11. The predicted molar refractivity (Wildman–Crippen MR) is 80.9 cm³/mol. The first kappa shape index (κ1) is 16.5. The molecule has 0 bridgehead atoms. The number of aliphatic hydroxyl groups is 1. The fourth-order valence-electron chi connectivity index (χ4n) is 1.52. The lowest BCUT2D eigenvalue weighted by atomic mass is 10.2. The van der Waals surface area contributed by atoms with Gasteiger partial charge in [-0.15, -0.1) is 0 Å². The van der Waals surface area contributed by atoms with Crippen molar-refractivity contribution in [1.82, 2.24) is 0 Å². The summed E-state index contributed by atoms with van der Waals surface area (Å²) in [5.41, 5.74) is 1.38. The molecule has 20 heavy (non-hydrogen) atoms. The van der Waals surface area contributed by atoms with Crippen LogP contribution in [-0.4, -0.2) is 35.9 Å². The third-order valence-corrected chi connectivity index (χ3v) is 2.46. The second kappa shape index (κ2) is 7.26. The molecule has 0 aliphatic carbocycles. The van der Waals surface area contributed by atoms with Gasteiger partial charge in [0.05, 0.1) is 18.3 Å². The molecule has 0 aromatic heterocycles. The minimum Gasteiger partial charge on any atom is -0.389 e. The maximum absolute atomic E-state index is 10.9. The van der Waals surface area contributed by atoms with Gasteiger partial charge in [0, 0.05) is 24.8 Å². The summed E-state index contributed by atoms with van der Waals surface area (Å²) in [5.74, 6) is -0.0968. The number of amides is 1. The Hall–Kier alpha value is -1.59. The molecule has 0 aliphatic heterocycles. The molecule has 1 rings (SSSR count). The highest BCUT2D eigenvalue weighted by Crippen LogP contribution is 2.13. The van der Waals surface area contributed by atoms with Crippen molar-refractivity contribution < 1.29 is 14.6 Å². The summed E-state index contributed by atoms with van der Waals surface area (Å²) in [4.78, 5) is 10.9. The normalized spacial score (nSPS) is 12.8. The van der Waals surface area contributed by atoms with Gasteiger partial charge in [-0.05, 0) is 45.0 Å². The molecule has 3 N–H and O–H groups in total. The topological polar surface area (TPSA) is 70.6 Å². The summed E-state index contributed by atoms with van der Waals surface area (Å²) in [5, 5.41) is 15.6. The molecule has 112 valence electrons. The van der Waals surface area contributed by atoms with Gasteiger partial charge in [-0.25, -0.2) is 0 Å². The number of ether oxygens (including phenoxy) is 1. The van der Waals surface area contributed by atoms with Crippen LogP contribution in [-0.2, 0) is 9.53 Å². The second-order valence-electron chi connectivity index (χ2n) is 5.72. The van der Waals surface area contributed by atoms with Crippen molar-refractivity contribution in [1.29, 1.82) is 0 Å². The summed E-state index contributed by atoms with van der Waals surface area (Å²) in [7, 11) is 0. The minimum atomic E-state index is -0.566. The number of nitrogens with one attached hydrogen (secondary N) is 2. The van der Waals surface area contributed by atoms with Gasteiger partial charge < -0.3 is 20.5 Å². The molecular formula is C15H24N2O3. The van der Waals surface area contributed by atoms with Crippen molar-refractivity contribution in [3.8, 4) is 0 Å². The van der Waals surface area contributed by atoms with Gasteiger partial charge in [0.2, 0.25) is 5.91 Å². The number of aliphatic hydroxyl groups excluding tert-OH is 1. The Bertz CT molecular complexity index is 424. The largest absolute Gasteiger partial charge is 0.389 e. The Morgan fingerprint density at radius 3 is 2.30 bits per heavy atom. The molecule has 1 aromatic carbocycles. The lowest BCUT2D eigenvalue weighted by Crippen LogP contribution is -2.30. The zero-order valence-electron chi connectivity index (χ0n) is 12.6. The molecular weight excluding hydrogens is 256 g/mol. The summed E-state index contributed by atoms with van der Waals surface area (Å²) in [6, 6.07) is 7.31. The van der Waals surface area contributed by atoms with Crippen LogP contribution in [0.5, 0.6) is 0 Å². The van der Waals surface area contributed by atoms with E-state index in [1.807, 2.05) is 45.0 Å². The standard InChI is InChI=1S/C15H24N2O3/c1-11(18)17-13-7-5-12(6-8-13)16-9-14(19)10-20-15(2,3)4/h5-8,14,16,19H,9-10H2,1-4H3,(H,17,18). The summed E-state index contributed by atoms with van der Waals surface area (Å²) in [6.07, 6.45) is -0.566. The molecule has 1 atom stereocenters. The molecule has 1 aromatic rings. The van der Waals surface area contributed by atoms with Crippen molar-refractivity contribution >= 4 is 17.3 Å². The summed E-state index contributed by atoms with van der Waals surface area (Å²) >= 11 is 0. The van der Waals surface area contributed by atoms with Crippen LogP contribution in [0.25, 0.3) is 0 Å². The Morgan fingerprint density at radius 1 is 1.25 bits per heavy atom. The maximum Gasteiger partial charge on any atom is 0.221 e. The number of carbonyl (C=O) groups is 1. The summed E-state index contributed by atoms with van der Waals surface area (Å²) < 4.78 is 5.50. The molecule has 5 heteroatoms. The van der Waals surface area contributed by atoms with E-state index in [2.05, 4.69) is 10.6 Å². The van der Waals surface area contributed by atoms with Gasteiger partial charge in [0.25, 0.3) is 0 Å². The number of carbonyl (C=O) groups excluding carboxylic acids is 1. The quantitative estimate of drug-likeness (QED) is 0.747. The van der Waals surface area contributed by atoms with Gasteiger partial charge in [0.1, 0.15) is 0 Å². The van der Waals surface area contributed by atoms with Crippen LogP contribution >= 0.6 is 0 Å². The Balaban J connectivity index is 2.36. The fourth-order valence-corrected chi connectivity index (χ4v) is 1.52. The summed E-state index contributed by atoms with van der Waals surface area (Å²) in [6.45, 7) is 8.03. The van der Waals surface area contributed by atoms with Crippen molar-refractivity contribution in [3.63, 3.8) is 0 Å².